The molecule has 0 aliphatic carbocycles. The lowest BCUT2D eigenvalue weighted by molar-refractivity contribution is 0.473. The van der Waals surface area contributed by atoms with Crippen molar-refractivity contribution >= 4 is 26.9 Å². The Morgan fingerprint density at radius 1 is 1.10 bits per heavy atom. The molecule has 0 saturated heterocycles. The molecule has 1 heterocycles. The molecule has 0 atom stereocenters. The van der Waals surface area contributed by atoms with Crippen LogP contribution in [-0.4, -0.2) is 5.11 Å². The summed E-state index contributed by atoms with van der Waals surface area (Å²) in [6, 6.07) is 12.0. The highest BCUT2D eigenvalue weighted by atomic mass is 79.9. The molecule has 1 aromatic heterocycles. The van der Waals surface area contributed by atoms with Gasteiger partial charge >= 0.3 is 0 Å². The lowest BCUT2D eigenvalue weighted by atomic mass is 10.0. The maximum Gasteiger partial charge on any atom is 0.200 e. The van der Waals surface area contributed by atoms with Crippen LogP contribution < -0.4 is 5.43 Å². The first-order valence-electron chi connectivity index (χ1n) is 6.08. The predicted molar refractivity (Wildman–Crippen MR) is 82.0 cm³/mol. The van der Waals surface area contributed by atoms with Crippen molar-refractivity contribution in [2.75, 3.05) is 0 Å². The molecular weight excluding hydrogens is 320 g/mol. The number of aromatic hydroxyl groups is 1. The zero-order valence-corrected chi connectivity index (χ0v) is 12.3. The molecule has 100 valence electrons. The van der Waals surface area contributed by atoms with Crippen LogP contribution in [0.25, 0.3) is 22.1 Å². The molecule has 0 saturated carbocycles. The number of aryl methyl sites for hydroxylation is 1. The molecule has 1 N–H and O–H groups in total. The van der Waals surface area contributed by atoms with Crippen molar-refractivity contribution in [2.45, 2.75) is 6.92 Å². The molecule has 0 amide bonds. The lowest BCUT2D eigenvalue weighted by Crippen LogP contribution is -2.07. The Balaban J connectivity index is 2.34. The summed E-state index contributed by atoms with van der Waals surface area (Å²) in [6.07, 6.45) is 0. The van der Waals surface area contributed by atoms with E-state index in [9.17, 15) is 9.90 Å². The molecule has 3 aromatic rings. The van der Waals surface area contributed by atoms with Crippen molar-refractivity contribution in [3.05, 3.63) is 62.9 Å². The molecule has 0 spiro atoms. The van der Waals surface area contributed by atoms with E-state index in [2.05, 4.69) is 15.9 Å². The summed E-state index contributed by atoms with van der Waals surface area (Å²) in [5, 5.41) is 9.93. The summed E-state index contributed by atoms with van der Waals surface area (Å²) < 4.78 is 6.62. The number of phenols is 1. The molecule has 0 bridgehead atoms. The van der Waals surface area contributed by atoms with Gasteiger partial charge in [-0.05, 0) is 36.8 Å². The Hall–Kier alpha value is -2.07. The molecule has 20 heavy (non-hydrogen) atoms. The SMILES string of the molecule is Cc1oc2cc(O)ccc2c(=O)c1-c1ccc(Br)cc1. The predicted octanol–water partition coefficient (Wildman–Crippen LogP) is 4.24. The van der Waals surface area contributed by atoms with E-state index in [0.29, 0.717) is 22.3 Å². The van der Waals surface area contributed by atoms with Gasteiger partial charge in [0.15, 0.2) is 0 Å². The molecule has 3 rings (SSSR count). The van der Waals surface area contributed by atoms with Crippen molar-refractivity contribution in [2.24, 2.45) is 0 Å². The third-order valence-electron chi connectivity index (χ3n) is 3.18. The van der Waals surface area contributed by atoms with E-state index in [4.69, 9.17) is 4.42 Å². The third-order valence-corrected chi connectivity index (χ3v) is 3.71. The van der Waals surface area contributed by atoms with Gasteiger partial charge in [-0.25, -0.2) is 0 Å². The zero-order valence-electron chi connectivity index (χ0n) is 10.7. The molecule has 0 aliphatic rings. The summed E-state index contributed by atoms with van der Waals surface area (Å²) in [4.78, 5) is 12.6. The number of phenolic OH excluding ortho intramolecular Hbond substituents is 1. The average molecular weight is 331 g/mol. The van der Waals surface area contributed by atoms with Crippen LogP contribution in [0.4, 0.5) is 0 Å². The van der Waals surface area contributed by atoms with Crippen LogP contribution in [0, 0.1) is 6.92 Å². The number of rotatable bonds is 1. The fraction of sp³-hybridized carbons (Fsp3) is 0.0625. The highest BCUT2D eigenvalue weighted by molar-refractivity contribution is 9.10. The summed E-state index contributed by atoms with van der Waals surface area (Å²) in [7, 11) is 0. The van der Waals surface area contributed by atoms with Gasteiger partial charge in [0.25, 0.3) is 0 Å². The van der Waals surface area contributed by atoms with E-state index in [0.717, 1.165) is 10.0 Å². The summed E-state index contributed by atoms with van der Waals surface area (Å²) in [6.45, 7) is 1.75. The second-order valence-electron chi connectivity index (χ2n) is 4.55. The van der Waals surface area contributed by atoms with Gasteiger partial charge in [0.05, 0.1) is 10.9 Å². The van der Waals surface area contributed by atoms with E-state index in [-0.39, 0.29) is 11.2 Å². The summed E-state index contributed by atoms with van der Waals surface area (Å²) >= 11 is 3.37. The van der Waals surface area contributed by atoms with E-state index < -0.39 is 0 Å². The summed E-state index contributed by atoms with van der Waals surface area (Å²) in [5.74, 6) is 0.617. The minimum absolute atomic E-state index is 0.0800. The zero-order chi connectivity index (χ0) is 14.3. The fourth-order valence-corrected chi connectivity index (χ4v) is 2.51. The van der Waals surface area contributed by atoms with Crippen LogP contribution in [0.15, 0.2) is 56.1 Å². The van der Waals surface area contributed by atoms with Gasteiger partial charge in [-0.1, -0.05) is 28.1 Å². The van der Waals surface area contributed by atoms with Gasteiger partial charge in [-0.2, -0.15) is 0 Å². The maximum atomic E-state index is 12.6. The smallest absolute Gasteiger partial charge is 0.200 e. The van der Waals surface area contributed by atoms with Crippen LogP contribution in [0.2, 0.25) is 0 Å². The molecule has 4 heteroatoms. The average Bonchev–Trinajstić information content (AvgIpc) is 2.40. The first-order valence-corrected chi connectivity index (χ1v) is 6.88. The van der Waals surface area contributed by atoms with Gasteiger partial charge < -0.3 is 9.52 Å². The quantitative estimate of drug-likeness (QED) is 0.726. The lowest BCUT2D eigenvalue weighted by Gasteiger charge is -2.07. The largest absolute Gasteiger partial charge is 0.508 e. The van der Waals surface area contributed by atoms with Crippen molar-refractivity contribution in [1.82, 2.24) is 0 Å². The highest BCUT2D eigenvalue weighted by Crippen LogP contribution is 2.26. The van der Waals surface area contributed by atoms with E-state index in [1.54, 1.807) is 13.0 Å². The molecule has 2 aromatic carbocycles. The summed E-state index contributed by atoms with van der Waals surface area (Å²) in [5.41, 5.74) is 1.67. The van der Waals surface area contributed by atoms with Crippen molar-refractivity contribution in [3.8, 4) is 16.9 Å². The van der Waals surface area contributed by atoms with Crippen LogP contribution >= 0.6 is 15.9 Å². The van der Waals surface area contributed by atoms with E-state index in [1.165, 1.54) is 12.1 Å². The van der Waals surface area contributed by atoms with Gasteiger partial charge in [0.1, 0.15) is 17.1 Å². The second kappa shape index (κ2) is 4.80. The van der Waals surface area contributed by atoms with Gasteiger partial charge in [0.2, 0.25) is 5.43 Å². The van der Waals surface area contributed by atoms with Gasteiger partial charge in [-0.3, -0.25) is 4.79 Å². The Morgan fingerprint density at radius 2 is 1.80 bits per heavy atom. The van der Waals surface area contributed by atoms with Crippen molar-refractivity contribution in [1.29, 1.82) is 0 Å². The number of hydrogen-bond acceptors (Lipinski definition) is 3. The number of benzene rings is 2. The first-order chi connectivity index (χ1) is 9.56. The highest BCUT2D eigenvalue weighted by Gasteiger charge is 2.13. The minimum Gasteiger partial charge on any atom is -0.508 e. The Labute approximate surface area is 123 Å². The van der Waals surface area contributed by atoms with Crippen molar-refractivity contribution in [3.63, 3.8) is 0 Å². The fourth-order valence-electron chi connectivity index (χ4n) is 2.24. The topological polar surface area (TPSA) is 50.4 Å². The molecular formula is C16H11BrO3. The number of halogens is 1. The molecule has 0 radical (unpaired) electrons. The Morgan fingerprint density at radius 3 is 2.50 bits per heavy atom. The normalized spacial score (nSPS) is 10.9. The standard InChI is InChI=1S/C16H11BrO3/c1-9-15(10-2-4-11(17)5-3-10)16(19)13-7-6-12(18)8-14(13)20-9/h2-8,18H,1H3. The Kier molecular flexibility index (Phi) is 3.10. The van der Waals surface area contributed by atoms with Crippen molar-refractivity contribution < 1.29 is 9.52 Å². The van der Waals surface area contributed by atoms with Gasteiger partial charge in [0, 0.05) is 10.5 Å². The molecule has 0 aliphatic heterocycles. The number of hydrogen-bond donors (Lipinski definition) is 1. The van der Waals surface area contributed by atoms with Crippen LogP contribution in [0.1, 0.15) is 5.76 Å². The number of fused-ring (bicyclic) bond motifs is 1. The third kappa shape index (κ3) is 2.12. The van der Waals surface area contributed by atoms with E-state index in [1.807, 2.05) is 24.3 Å². The van der Waals surface area contributed by atoms with Crippen LogP contribution in [-0.2, 0) is 0 Å². The maximum absolute atomic E-state index is 12.6. The monoisotopic (exact) mass is 330 g/mol. The van der Waals surface area contributed by atoms with Gasteiger partial charge in [-0.15, -0.1) is 0 Å². The van der Waals surface area contributed by atoms with E-state index >= 15 is 0 Å². The Bertz CT molecular complexity index is 848. The molecule has 0 fully saturated rings. The molecule has 0 unspecified atom stereocenters. The first kappa shape index (κ1) is 12.9. The second-order valence-corrected chi connectivity index (χ2v) is 5.47. The molecule has 3 nitrogen and oxygen atoms in total. The van der Waals surface area contributed by atoms with Crippen LogP contribution in [0.5, 0.6) is 5.75 Å². The van der Waals surface area contributed by atoms with Crippen LogP contribution in [0.3, 0.4) is 0 Å². The minimum atomic E-state index is -0.0916.